The molecule has 5 heteroatoms. The van der Waals surface area contributed by atoms with E-state index in [9.17, 15) is 0 Å². The van der Waals surface area contributed by atoms with Gasteiger partial charge in [-0.2, -0.15) is 4.99 Å². The van der Waals surface area contributed by atoms with E-state index in [4.69, 9.17) is 9.47 Å². The normalized spacial score (nSPS) is 31.7. The van der Waals surface area contributed by atoms with Crippen molar-refractivity contribution in [2.24, 2.45) is 4.99 Å². The predicted octanol–water partition coefficient (Wildman–Crippen LogP) is 3.54. The molecule has 2 aliphatic heterocycles. The van der Waals surface area contributed by atoms with Crippen LogP contribution in [0.25, 0.3) is 0 Å². The molecule has 0 aromatic heterocycles. The van der Waals surface area contributed by atoms with Gasteiger partial charge in [0.25, 0.3) is 0 Å². The van der Waals surface area contributed by atoms with Crippen LogP contribution in [-0.4, -0.2) is 30.5 Å². The zero-order chi connectivity index (χ0) is 15.4. The number of hydrogen-bond acceptors (Lipinski definition) is 5. The summed E-state index contributed by atoms with van der Waals surface area (Å²) >= 11 is 4.68. The van der Waals surface area contributed by atoms with Crippen molar-refractivity contribution in [2.45, 2.75) is 50.5 Å². The number of benzene rings is 1. The van der Waals surface area contributed by atoms with Gasteiger partial charge in [-0.15, -0.1) is 0 Å². The van der Waals surface area contributed by atoms with Crippen LogP contribution < -0.4 is 5.32 Å². The van der Waals surface area contributed by atoms with Gasteiger partial charge in [-0.3, -0.25) is 0 Å². The second-order valence-electron chi connectivity index (χ2n) is 5.88. The standard InChI is InChI=1S/C17H22N2O2S/c1-2-17(13-6-5-7-14(10-13)19-12-22)20-11-16(21-17)15-8-3-4-9-18-15/h5-7,10,15-16,18H,2-4,8-9,11H2,1H3/t15-,16+,17-/m1/s1. The first-order valence-electron chi connectivity index (χ1n) is 8.01. The molecule has 3 atom stereocenters. The molecule has 2 heterocycles. The molecule has 0 unspecified atom stereocenters. The van der Waals surface area contributed by atoms with Gasteiger partial charge in [0.15, 0.2) is 5.79 Å². The summed E-state index contributed by atoms with van der Waals surface area (Å²) in [5.41, 5.74) is 1.78. The van der Waals surface area contributed by atoms with E-state index in [1.54, 1.807) is 0 Å². The fraction of sp³-hybridized carbons (Fsp3) is 0.588. The van der Waals surface area contributed by atoms with Crippen molar-refractivity contribution in [2.75, 3.05) is 13.2 Å². The highest BCUT2D eigenvalue weighted by Crippen LogP contribution is 2.39. The Kier molecular flexibility index (Phi) is 5.01. The monoisotopic (exact) mass is 318 g/mol. The SMILES string of the molecule is CC[C@@]1(c2cccc(N=C=S)c2)OC[C@@H]([C@H]2CCCCN2)O1. The molecule has 22 heavy (non-hydrogen) atoms. The number of ether oxygens (including phenoxy) is 2. The number of aliphatic imine (C=N–C) groups is 1. The highest BCUT2D eigenvalue weighted by Gasteiger charge is 2.44. The molecular formula is C17H22N2O2S. The molecule has 0 bridgehead atoms. The number of piperidine rings is 1. The van der Waals surface area contributed by atoms with Gasteiger partial charge in [-0.05, 0) is 43.7 Å². The van der Waals surface area contributed by atoms with Gasteiger partial charge in [-0.1, -0.05) is 25.5 Å². The summed E-state index contributed by atoms with van der Waals surface area (Å²) in [4.78, 5) is 4.05. The van der Waals surface area contributed by atoms with E-state index in [-0.39, 0.29) is 6.10 Å². The number of rotatable bonds is 4. The lowest BCUT2D eigenvalue weighted by Gasteiger charge is -2.31. The molecule has 0 amide bonds. The summed E-state index contributed by atoms with van der Waals surface area (Å²) in [6.45, 7) is 3.79. The highest BCUT2D eigenvalue weighted by molar-refractivity contribution is 7.78. The molecule has 1 N–H and O–H groups in total. The smallest absolute Gasteiger partial charge is 0.195 e. The third-order valence-electron chi connectivity index (χ3n) is 4.55. The molecule has 0 aliphatic carbocycles. The second kappa shape index (κ2) is 6.99. The fourth-order valence-corrected chi connectivity index (χ4v) is 3.44. The van der Waals surface area contributed by atoms with Gasteiger partial charge >= 0.3 is 0 Å². The van der Waals surface area contributed by atoms with Crippen LogP contribution in [0.3, 0.4) is 0 Å². The lowest BCUT2D eigenvalue weighted by Crippen LogP contribution is -2.45. The average Bonchev–Trinajstić information content (AvgIpc) is 3.02. The van der Waals surface area contributed by atoms with Gasteiger partial charge in [-0.25, -0.2) is 0 Å². The first kappa shape index (κ1) is 15.8. The Balaban J connectivity index is 1.80. The molecule has 1 aromatic carbocycles. The lowest BCUT2D eigenvalue weighted by molar-refractivity contribution is -0.182. The van der Waals surface area contributed by atoms with Crippen LogP contribution in [0.15, 0.2) is 29.3 Å². The van der Waals surface area contributed by atoms with Gasteiger partial charge in [0.1, 0.15) is 6.10 Å². The van der Waals surface area contributed by atoms with Gasteiger partial charge in [0.2, 0.25) is 0 Å². The number of isothiocyanates is 1. The Morgan fingerprint density at radius 2 is 2.36 bits per heavy atom. The van der Waals surface area contributed by atoms with E-state index in [0.29, 0.717) is 12.6 Å². The largest absolute Gasteiger partial charge is 0.343 e. The van der Waals surface area contributed by atoms with Crippen LogP contribution in [0, 0.1) is 0 Å². The predicted molar refractivity (Wildman–Crippen MR) is 89.6 cm³/mol. The second-order valence-corrected chi connectivity index (χ2v) is 6.07. The van der Waals surface area contributed by atoms with Crippen LogP contribution in [0.2, 0.25) is 0 Å². The van der Waals surface area contributed by atoms with Crippen molar-refractivity contribution in [3.63, 3.8) is 0 Å². The number of thiocarbonyl (C=S) groups is 1. The topological polar surface area (TPSA) is 42.8 Å². The lowest BCUT2D eigenvalue weighted by atomic mass is 10.00. The van der Waals surface area contributed by atoms with E-state index in [1.165, 1.54) is 12.8 Å². The molecule has 3 rings (SSSR count). The number of nitrogens with zero attached hydrogens (tertiary/aromatic N) is 1. The van der Waals surface area contributed by atoms with Crippen LogP contribution in [0.1, 0.15) is 38.2 Å². The number of nitrogens with one attached hydrogen (secondary N) is 1. The quantitative estimate of drug-likeness (QED) is 0.681. The van der Waals surface area contributed by atoms with Crippen molar-refractivity contribution in [3.05, 3.63) is 29.8 Å². The molecule has 4 nitrogen and oxygen atoms in total. The molecule has 2 aliphatic rings. The summed E-state index contributed by atoms with van der Waals surface area (Å²) in [5.74, 6) is -0.670. The first-order valence-corrected chi connectivity index (χ1v) is 8.42. The summed E-state index contributed by atoms with van der Waals surface area (Å²) in [6.07, 6.45) is 4.54. The zero-order valence-electron chi connectivity index (χ0n) is 12.9. The minimum atomic E-state index is -0.670. The Morgan fingerprint density at radius 1 is 1.45 bits per heavy atom. The van der Waals surface area contributed by atoms with E-state index in [1.807, 2.05) is 24.3 Å². The summed E-state index contributed by atoms with van der Waals surface area (Å²) in [7, 11) is 0. The van der Waals surface area contributed by atoms with E-state index < -0.39 is 5.79 Å². The summed E-state index contributed by atoms with van der Waals surface area (Å²) < 4.78 is 12.5. The molecule has 0 spiro atoms. The third-order valence-corrected chi connectivity index (χ3v) is 4.64. The molecule has 0 saturated carbocycles. The van der Waals surface area contributed by atoms with Crippen molar-refractivity contribution in [3.8, 4) is 0 Å². The maximum Gasteiger partial charge on any atom is 0.195 e. The third kappa shape index (κ3) is 3.14. The molecule has 118 valence electrons. The van der Waals surface area contributed by atoms with Gasteiger partial charge < -0.3 is 14.8 Å². The Hall–Kier alpha value is -1.10. The molecule has 1 aromatic rings. The van der Waals surface area contributed by atoms with Crippen LogP contribution in [0.5, 0.6) is 0 Å². The Morgan fingerprint density at radius 3 is 3.09 bits per heavy atom. The maximum absolute atomic E-state index is 6.38. The van der Waals surface area contributed by atoms with Crippen LogP contribution in [0.4, 0.5) is 5.69 Å². The van der Waals surface area contributed by atoms with Crippen molar-refractivity contribution < 1.29 is 9.47 Å². The first-order chi connectivity index (χ1) is 10.8. The van der Waals surface area contributed by atoms with E-state index >= 15 is 0 Å². The van der Waals surface area contributed by atoms with Crippen LogP contribution >= 0.6 is 12.2 Å². The summed E-state index contributed by atoms with van der Waals surface area (Å²) in [6, 6.07) is 8.25. The fourth-order valence-electron chi connectivity index (χ4n) is 3.33. The number of hydrogen-bond donors (Lipinski definition) is 1. The molecule has 2 saturated heterocycles. The van der Waals surface area contributed by atoms with Gasteiger partial charge in [0.05, 0.1) is 17.5 Å². The Bertz CT molecular complexity index is 568. The summed E-state index contributed by atoms with van der Waals surface area (Å²) in [5, 5.41) is 5.97. The highest BCUT2D eigenvalue weighted by atomic mass is 32.1. The molecule has 0 radical (unpaired) electrons. The van der Waals surface area contributed by atoms with E-state index in [2.05, 4.69) is 34.6 Å². The zero-order valence-corrected chi connectivity index (χ0v) is 13.7. The van der Waals surface area contributed by atoms with Crippen molar-refractivity contribution >= 4 is 23.1 Å². The molecule has 2 fully saturated rings. The minimum absolute atomic E-state index is 0.109. The maximum atomic E-state index is 6.38. The van der Waals surface area contributed by atoms with Crippen molar-refractivity contribution in [1.29, 1.82) is 0 Å². The van der Waals surface area contributed by atoms with Crippen LogP contribution in [-0.2, 0) is 15.3 Å². The molecular weight excluding hydrogens is 296 g/mol. The van der Waals surface area contributed by atoms with Crippen molar-refractivity contribution in [1.82, 2.24) is 5.32 Å². The minimum Gasteiger partial charge on any atom is -0.343 e. The van der Waals surface area contributed by atoms with E-state index in [0.717, 1.165) is 30.6 Å². The average molecular weight is 318 g/mol. The van der Waals surface area contributed by atoms with Gasteiger partial charge in [0, 0.05) is 18.0 Å². The Labute approximate surface area is 136 Å².